The van der Waals surface area contributed by atoms with E-state index in [0.717, 1.165) is 38.5 Å². The summed E-state index contributed by atoms with van der Waals surface area (Å²) in [5, 5.41) is 0. The summed E-state index contributed by atoms with van der Waals surface area (Å²) in [6.07, 6.45) is 46.8. The summed E-state index contributed by atoms with van der Waals surface area (Å²) < 4.78 is 32.8. The molecule has 0 amide bonds. The Balaban J connectivity index is 4.04. The molecule has 0 saturated carbocycles. The van der Waals surface area contributed by atoms with E-state index in [-0.39, 0.29) is 32.6 Å². The predicted molar refractivity (Wildman–Crippen MR) is 238 cm³/mol. The summed E-state index contributed by atoms with van der Waals surface area (Å²) >= 11 is 0. The van der Waals surface area contributed by atoms with Crippen LogP contribution in [0.25, 0.3) is 0 Å². The van der Waals surface area contributed by atoms with Crippen LogP contribution in [0.2, 0.25) is 0 Å². The largest absolute Gasteiger partial charge is 0.472 e. The van der Waals surface area contributed by atoms with E-state index in [1.54, 1.807) is 0 Å². The quantitative estimate of drug-likeness (QED) is 0.0266. The van der Waals surface area contributed by atoms with Crippen molar-refractivity contribution in [2.24, 2.45) is 5.73 Å². The summed E-state index contributed by atoms with van der Waals surface area (Å²) in [6, 6.07) is 0. The zero-order chi connectivity index (χ0) is 41.8. The molecule has 10 heteroatoms. The molecule has 0 aliphatic heterocycles. The lowest BCUT2D eigenvalue weighted by atomic mass is 10.0. The minimum Gasteiger partial charge on any atom is -0.462 e. The molecule has 1 unspecified atom stereocenters. The minimum atomic E-state index is -4.38. The molecule has 9 nitrogen and oxygen atoms in total. The van der Waals surface area contributed by atoms with Crippen LogP contribution in [0.1, 0.15) is 245 Å². The zero-order valence-corrected chi connectivity index (χ0v) is 38.2. The molecule has 0 heterocycles. The smallest absolute Gasteiger partial charge is 0.462 e. The van der Waals surface area contributed by atoms with Crippen LogP contribution in [0, 0.1) is 0 Å². The fourth-order valence-electron chi connectivity index (χ4n) is 7.04. The maximum Gasteiger partial charge on any atom is 0.472 e. The van der Waals surface area contributed by atoms with Gasteiger partial charge in [-0.05, 0) is 38.5 Å². The Bertz CT molecular complexity index is 948. The molecule has 0 saturated heterocycles. The van der Waals surface area contributed by atoms with E-state index >= 15 is 0 Å². The number of esters is 2. The van der Waals surface area contributed by atoms with Crippen molar-refractivity contribution in [3.63, 3.8) is 0 Å². The molecule has 0 fully saturated rings. The Labute approximate surface area is 351 Å². The molecular weight excluding hydrogens is 737 g/mol. The van der Waals surface area contributed by atoms with Crippen LogP contribution in [0.4, 0.5) is 0 Å². The second-order valence-electron chi connectivity index (χ2n) is 16.3. The van der Waals surface area contributed by atoms with E-state index in [0.29, 0.717) is 12.8 Å². The number of nitrogens with two attached hydrogens (primary N) is 1. The molecular formula is C47H92NO8P. The first-order chi connectivity index (χ1) is 27.8. The van der Waals surface area contributed by atoms with E-state index in [1.807, 2.05) is 0 Å². The van der Waals surface area contributed by atoms with Crippen molar-refractivity contribution < 1.29 is 37.6 Å². The topological polar surface area (TPSA) is 134 Å². The number of rotatable bonds is 46. The number of allylic oxidation sites excluding steroid dienone is 2. The number of unbranched alkanes of at least 4 members (excludes halogenated alkanes) is 31. The maximum absolute atomic E-state index is 12.6. The Morgan fingerprint density at radius 2 is 0.860 bits per heavy atom. The number of phosphoric ester groups is 1. The molecule has 3 N–H and O–H groups in total. The van der Waals surface area contributed by atoms with Gasteiger partial charge in [0.1, 0.15) is 6.61 Å². The van der Waals surface area contributed by atoms with Crippen molar-refractivity contribution in [2.45, 2.75) is 251 Å². The molecule has 0 aliphatic rings. The maximum atomic E-state index is 12.6. The third kappa shape index (κ3) is 44.1. The first-order valence-electron chi connectivity index (χ1n) is 24.2. The van der Waals surface area contributed by atoms with Crippen LogP contribution >= 0.6 is 7.82 Å². The molecule has 57 heavy (non-hydrogen) atoms. The SMILES string of the molecule is CCCCCCCCCC/C=C/CCCCCC(=O)OC[C@H](COP(=O)(O)OCCN)OC(=O)CCCCCCCCCCCCCCCCCCCCCCC. The average molecular weight is 830 g/mol. The monoisotopic (exact) mass is 830 g/mol. The van der Waals surface area contributed by atoms with Crippen molar-refractivity contribution in [1.29, 1.82) is 0 Å². The summed E-state index contributed by atoms with van der Waals surface area (Å²) in [4.78, 5) is 34.9. The fourth-order valence-corrected chi connectivity index (χ4v) is 7.81. The van der Waals surface area contributed by atoms with Crippen molar-refractivity contribution in [3.8, 4) is 0 Å². The third-order valence-electron chi connectivity index (χ3n) is 10.7. The number of hydrogen-bond acceptors (Lipinski definition) is 8. The van der Waals surface area contributed by atoms with Crippen LogP contribution < -0.4 is 5.73 Å². The first kappa shape index (κ1) is 55.8. The Hall–Kier alpha value is -1.25. The molecule has 0 radical (unpaired) electrons. The van der Waals surface area contributed by atoms with Crippen LogP contribution in [0.5, 0.6) is 0 Å². The molecule has 0 aromatic rings. The Kier molecular flexibility index (Phi) is 43.3. The summed E-state index contributed by atoms with van der Waals surface area (Å²) in [5.41, 5.74) is 5.36. The number of carbonyl (C=O) groups excluding carboxylic acids is 2. The van der Waals surface area contributed by atoms with Crippen LogP contribution in [0.15, 0.2) is 12.2 Å². The minimum absolute atomic E-state index is 0.0546. The van der Waals surface area contributed by atoms with Gasteiger partial charge >= 0.3 is 19.8 Å². The van der Waals surface area contributed by atoms with Gasteiger partial charge in [-0.15, -0.1) is 0 Å². The van der Waals surface area contributed by atoms with Gasteiger partial charge in [-0.1, -0.05) is 206 Å². The van der Waals surface area contributed by atoms with Crippen LogP contribution in [-0.2, 0) is 32.7 Å². The van der Waals surface area contributed by atoms with Crippen molar-refractivity contribution >= 4 is 19.8 Å². The highest BCUT2D eigenvalue weighted by atomic mass is 31.2. The number of ether oxygens (including phenoxy) is 2. The highest BCUT2D eigenvalue weighted by Crippen LogP contribution is 2.43. The molecule has 0 aromatic carbocycles. The summed E-state index contributed by atoms with van der Waals surface area (Å²) in [5.74, 6) is -0.833. The van der Waals surface area contributed by atoms with E-state index < -0.39 is 32.5 Å². The molecule has 0 rings (SSSR count). The van der Waals surface area contributed by atoms with Crippen molar-refractivity contribution in [2.75, 3.05) is 26.4 Å². The van der Waals surface area contributed by atoms with Gasteiger partial charge in [-0.25, -0.2) is 4.57 Å². The Morgan fingerprint density at radius 1 is 0.509 bits per heavy atom. The van der Waals surface area contributed by atoms with Gasteiger partial charge in [-0.2, -0.15) is 0 Å². The molecule has 0 aromatic heterocycles. The van der Waals surface area contributed by atoms with Gasteiger partial charge in [0.2, 0.25) is 0 Å². The van der Waals surface area contributed by atoms with E-state index in [9.17, 15) is 19.0 Å². The van der Waals surface area contributed by atoms with E-state index in [2.05, 4.69) is 26.0 Å². The van der Waals surface area contributed by atoms with Crippen molar-refractivity contribution in [3.05, 3.63) is 12.2 Å². The molecule has 0 bridgehead atoms. The standard InChI is InChI=1S/C47H92NO8P/c1-3-5-7-9-11-13-15-17-19-20-21-22-23-24-26-28-30-32-34-36-38-40-47(50)56-45(44-55-57(51,52)54-42-41-48)43-53-46(49)39-37-35-33-31-29-27-25-18-16-14-12-10-8-6-4-2/h27,29,45H,3-26,28,30-44,48H2,1-2H3,(H,51,52)/b29-27+/t45-/m1/s1. The van der Waals surface area contributed by atoms with Gasteiger partial charge in [0.15, 0.2) is 6.10 Å². The highest BCUT2D eigenvalue weighted by molar-refractivity contribution is 7.47. The van der Waals surface area contributed by atoms with Crippen LogP contribution in [-0.4, -0.2) is 49.3 Å². The summed E-state index contributed by atoms with van der Waals surface area (Å²) in [6.45, 7) is 3.76. The van der Waals surface area contributed by atoms with Gasteiger partial charge in [0.25, 0.3) is 0 Å². The third-order valence-corrected chi connectivity index (χ3v) is 11.6. The van der Waals surface area contributed by atoms with Gasteiger partial charge in [-0.3, -0.25) is 18.6 Å². The second-order valence-corrected chi connectivity index (χ2v) is 17.8. The van der Waals surface area contributed by atoms with Gasteiger partial charge in [0.05, 0.1) is 13.2 Å². The normalized spacial score (nSPS) is 13.3. The Morgan fingerprint density at radius 3 is 1.26 bits per heavy atom. The number of carbonyl (C=O) groups is 2. The highest BCUT2D eigenvalue weighted by Gasteiger charge is 2.26. The lowest BCUT2D eigenvalue weighted by molar-refractivity contribution is -0.161. The van der Waals surface area contributed by atoms with Crippen molar-refractivity contribution in [1.82, 2.24) is 0 Å². The molecule has 0 aliphatic carbocycles. The molecule has 338 valence electrons. The van der Waals surface area contributed by atoms with Gasteiger partial charge < -0.3 is 20.1 Å². The zero-order valence-electron chi connectivity index (χ0n) is 37.3. The lowest BCUT2D eigenvalue weighted by Crippen LogP contribution is -2.29. The van der Waals surface area contributed by atoms with E-state index in [1.165, 1.54) is 167 Å². The number of hydrogen-bond donors (Lipinski definition) is 2. The van der Waals surface area contributed by atoms with Gasteiger partial charge in [0, 0.05) is 19.4 Å². The van der Waals surface area contributed by atoms with Crippen LogP contribution in [0.3, 0.4) is 0 Å². The first-order valence-corrected chi connectivity index (χ1v) is 25.7. The molecule has 0 spiro atoms. The summed E-state index contributed by atoms with van der Waals surface area (Å²) in [7, 11) is -4.38. The molecule has 2 atom stereocenters. The fraction of sp³-hybridized carbons (Fsp3) is 0.915. The number of phosphoric acid groups is 1. The lowest BCUT2D eigenvalue weighted by Gasteiger charge is -2.19. The predicted octanol–water partition coefficient (Wildman–Crippen LogP) is 14.2. The average Bonchev–Trinajstić information content (AvgIpc) is 3.20. The second kappa shape index (κ2) is 44.3. The van der Waals surface area contributed by atoms with E-state index in [4.69, 9.17) is 24.3 Å².